The number of amides is 4. The molecule has 0 radical (unpaired) electrons. The lowest BCUT2D eigenvalue weighted by molar-refractivity contribution is -0.122. The first-order valence-corrected chi connectivity index (χ1v) is 12.1. The van der Waals surface area contributed by atoms with Gasteiger partial charge in [0, 0.05) is 27.1 Å². The van der Waals surface area contributed by atoms with Crippen molar-refractivity contribution in [1.82, 2.24) is 9.88 Å². The highest BCUT2D eigenvalue weighted by Crippen LogP contribution is 2.27. The first kappa shape index (κ1) is 23.6. The van der Waals surface area contributed by atoms with Gasteiger partial charge in [0.15, 0.2) is 0 Å². The molecule has 0 spiro atoms. The van der Waals surface area contributed by atoms with E-state index in [4.69, 9.17) is 4.74 Å². The number of hydrogen-bond donors (Lipinski definition) is 1. The summed E-state index contributed by atoms with van der Waals surface area (Å²) >= 11 is 3.34. The number of nitrogens with zero attached hydrogens (tertiary/aromatic N) is 2. The molecule has 1 fully saturated rings. The maximum absolute atomic E-state index is 13.3. The van der Waals surface area contributed by atoms with Crippen molar-refractivity contribution >= 4 is 56.4 Å². The quantitative estimate of drug-likeness (QED) is 0.258. The van der Waals surface area contributed by atoms with Crippen LogP contribution in [0.3, 0.4) is 0 Å². The Morgan fingerprint density at radius 2 is 1.67 bits per heavy atom. The highest BCUT2D eigenvalue weighted by atomic mass is 79.9. The summed E-state index contributed by atoms with van der Waals surface area (Å²) in [5.74, 6) is -0.567. The molecule has 1 aromatic heterocycles. The molecule has 180 valence electrons. The third kappa shape index (κ3) is 4.55. The van der Waals surface area contributed by atoms with E-state index in [9.17, 15) is 14.4 Å². The zero-order valence-corrected chi connectivity index (χ0v) is 21.0. The lowest BCUT2D eigenvalue weighted by Gasteiger charge is -2.26. The highest BCUT2D eigenvalue weighted by molar-refractivity contribution is 9.10. The molecule has 7 nitrogen and oxygen atoms in total. The van der Waals surface area contributed by atoms with E-state index < -0.39 is 17.8 Å². The molecule has 1 N–H and O–H groups in total. The molecule has 4 amide bonds. The Morgan fingerprint density at radius 3 is 2.44 bits per heavy atom. The van der Waals surface area contributed by atoms with Crippen molar-refractivity contribution in [3.05, 3.63) is 100 Å². The molecule has 2 heterocycles. The molecule has 3 aromatic carbocycles. The second-order valence-electron chi connectivity index (χ2n) is 8.34. The summed E-state index contributed by atoms with van der Waals surface area (Å²) in [6.45, 7) is 3.02. The van der Waals surface area contributed by atoms with Gasteiger partial charge in [0.25, 0.3) is 11.8 Å². The number of fused-ring (bicyclic) bond motifs is 1. The second-order valence-corrected chi connectivity index (χ2v) is 9.26. The van der Waals surface area contributed by atoms with Crippen LogP contribution in [0.1, 0.15) is 11.1 Å². The first-order valence-electron chi connectivity index (χ1n) is 11.4. The molecular weight excluding hydrogens is 522 g/mol. The molecule has 0 bridgehead atoms. The largest absolute Gasteiger partial charge is 0.491 e. The number of benzene rings is 3. The van der Waals surface area contributed by atoms with Gasteiger partial charge in [0.05, 0.1) is 12.2 Å². The van der Waals surface area contributed by atoms with E-state index in [1.807, 2.05) is 66.2 Å². The number of ether oxygens (including phenoxy) is 1. The van der Waals surface area contributed by atoms with Crippen LogP contribution in [-0.4, -0.2) is 29.0 Å². The number of imide groups is 2. The summed E-state index contributed by atoms with van der Waals surface area (Å²) in [4.78, 5) is 39.4. The van der Waals surface area contributed by atoms with E-state index in [1.165, 1.54) is 6.08 Å². The topological polar surface area (TPSA) is 80.6 Å². The number of para-hydroxylation sites is 2. The van der Waals surface area contributed by atoms with E-state index >= 15 is 0 Å². The standard InChI is InChI=1S/C28H22BrN3O4/c1-18-6-2-5-9-25(18)36-15-14-31-17-19(22-7-3-4-8-24(22)31)16-23-26(33)30-28(35)32(27(23)34)21-12-10-20(29)11-13-21/h2-13,16-17H,14-15H2,1H3,(H,30,33,35)/b23-16-. The Morgan fingerprint density at radius 1 is 0.944 bits per heavy atom. The van der Waals surface area contributed by atoms with Crippen LogP contribution >= 0.6 is 15.9 Å². The van der Waals surface area contributed by atoms with Crippen LogP contribution in [0, 0.1) is 6.92 Å². The Balaban J connectivity index is 1.45. The van der Waals surface area contributed by atoms with Gasteiger partial charge < -0.3 is 9.30 Å². The third-order valence-corrected chi connectivity index (χ3v) is 6.52. The van der Waals surface area contributed by atoms with Gasteiger partial charge in [-0.15, -0.1) is 0 Å². The van der Waals surface area contributed by atoms with Crippen molar-refractivity contribution in [3.63, 3.8) is 0 Å². The minimum Gasteiger partial charge on any atom is -0.491 e. The molecule has 1 aliphatic heterocycles. The van der Waals surface area contributed by atoms with Crippen LogP contribution in [0.25, 0.3) is 17.0 Å². The van der Waals surface area contributed by atoms with Crippen LogP contribution in [0.15, 0.2) is 89.0 Å². The highest BCUT2D eigenvalue weighted by Gasteiger charge is 2.37. The fraction of sp³-hybridized carbons (Fsp3) is 0.107. The van der Waals surface area contributed by atoms with Crippen molar-refractivity contribution in [3.8, 4) is 5.75 Å². The summed E-state index contributed by atoms with van der Waals surface area (Å²) in [6, 6.07) is 21.5. The number of hydrogen-bond acceptors (Lipinski definition) is 4. The Hall–Kier alpha value is -4.17. The Kier molecular flexibility index (Phi) is 6.43. The van der Waals surface area contributed by atoms with Crippen LogP contribution in [0.2, 0.25) is 0 Å². The fourth-order valence-corrected chi connectivity index (χ4v) is 4.45. The van der Waals surface area contributed by atoms with E-state index in [-0.39, 0.29) is 5.57 Å². The van der Waals surface area contributed by atoms with Gasteiger partial charge in [-0.1, -0.05) is 52.3 Å². The molecule has 5 rings (SSSR count). The zero-order valence-electron chi connectivity index (χ0n) is 19.4. The molecule has 0 atom stereocenters. The summed E-state index contributed by atoms with van der Waals surface area (Å²) < 4.78 is 8.80. The maximum Gasteiger partial charge on any atom is 0.335 e. The van der Waals surface area contributed by atoms with E-state index in [0.717, 1.165) is 31.6 Å². The van der Waals surface area contributed by atoms with Crippen LogP contribution in [0.5, 0.6) is 5.75 Å². The summed E-state index contributed by atoms with van der Waals surface area (Å²) in [6.07, 6.45) is 3.43. The molecule has 36 heavy (non-hydrogen) atoms. The summed E-state index contributed by atoms with van der Waals surface area (Å²) in [5, 5.41) is 3.16. The predicted octanol–water partition coefficient (Wildman–Crippen LogP) is 5.46. The average Bonchev–Trinajstić information content (AvgIpc) is 3.21. The molecule has 0 saturated carbocycles. The van der Waals surface area contributed by atoms with Gasteiger partial charge in [-0.3, -0.25) is 14.9 Å². The van der Waals surface area contributed by atoms with E-state index in [1.54, 1.807) is 24.3 Å². The first-order chi connectivity index (χ1) is 17.4. The average molecular weight is 544 g/mol. The van der Waals surface area contributed by atoms with Crippen LogP contribution in [-0.2, 0) is 16.1 Å². The second kappa shape index (κ2) is 9.83. The predicted molar refractivity (Wildman–Crippen MR) is 142 cm³/mol. The van der Waals surface area contributed by atoms with Crippen molar-refractivity contribution in [2.24, 2.45) is 0 Å². The number of anilines is 1. The van der Waals surface area contributed by atoms with Gasteiger partial charge in [-0.25, -0.2) is 9.69 Å². The molecule has 1 aliphatic rings. The smallest absolute Gasteiger partial charge is 0.335 e. The maximum atomic E-state index is 13.3. The number of carbonyl (C=O) groups is 3. The monoisotopic (exact) mass is 543 g/mol. The number of halogens is 1. The molecule has 8 heteroatoms. The van der Waals surface area contributed by atoms with Gasteiger partial charge in [0.2, 0.25) is 0 Å². The Labute approximate surface area is 216 Å². The minimum atomic E-state index is -0.778. The minimum absolute atomic E-state index is 0.114. The number of rotatable bonds is 6. The lowest BCUT2D eigenvalue weighted by atomic mass is 10.1. The number of carbonyl (C=O) groups excluding carboxylic acids is 3. The summed E-state index contributed by atoms with van der Waals surface area (Å²) in [7, 11) is 0. The van der Waals surface area contributed by atoms with Gasteiger partial charge in [0.1, 0.15) is 17.9 Å². The normalized spacial score (nSPS) is 15.0. The van der Waals surface area contributed by atoms with Crippen molar-refractivity contribution < 1.29 is 19.1 Å². The van der Waals surface area contributed by atoms with Gasteiger partial charge >= 0.3 is 6.03 Å². The van der Waals surface area contributed by atoms with Gasteiger partial charge in [-0.2, -0.15) is 0 Å². The van der Waals surface area contributed by atoms with E-state index in [2.05, 4.69) is 21.2 Å². The van der Waals surface area contributed by atoms with Crippen molar-refractivity contribution in [2.45, 2.75) is 13.5 Å². The lowest BCUT2D eigenvalue weighted by Crippen LogP contribution is -2.54. The van der Waals surface area contributed by atoms with Gasteiger partial charge in [-0.05, 0) is 55.0 Å². The SMILES string of the molecule is Cc1ccccc1OCCn1cc(/C=C2/C(=O)NC(=O)N(c3ccc(Br)cc3)C2=O)c2ccccc21. The molecule has 1 saturated heterocycles. The Bertz CT molecular complexity index is 1520. The number of aromatic nitrogens is 1. The molecule has 0 unspecified atom stereocenters. The van der Waals surface area contributed by atoms with E-state index in [0.29, 0.717) is 24.4 Å². The summed E-state index contributed by atoms with van der Waals surface area (Å²) in [5.41, 5.74) is 2.96. The number of barbiturate groups is 1. The van der Waals surface area contributed by atoms with Crippen LogP contribution < -0.4 is 15.0 Å². The molecule has 0 aliphatic carbocycles. The zero-order chi connectivity index (χ0) is 25.2. The molecule has 4 aromatic rings. The fourth-order valence-electron chi connectivity index (χ4n) is 4.19. The number of nitrogens with one attached hydrogen (secondary N) is 1. The molecular formula is C28H22BrN3O4. The number of aryl methyl sites for hydroxylation is 1. The third-order valence-electron chi connectivity index (χ3n) is 5.99. The van der Waals surface area contributed by atoms with Crippen molar-refractivity contribution in [1.29, 1.82) is 0 Å². The van der Waals surface area contributed by atoms with Crippen molar-refractivity contribution in [2.75, 3.05) is 11.5 Å². The van der Waals surface area contributed by atoms with Crippen LogP contribution in [0.4, 0.5) is 10.5 Å². The number of urea groups is 1.